The summed E-state index contributed by atoms with van der Waals surface area (Å²) in [5, 5.41) is 14.8. The second-order valence-electron chi connectivity index (χ2n) is 4.65. The number of halogens is 1. The fourth-order valence-corrected chi connectivity index (χ4v) is 2.54. The van der Waals surface area contributed by atoms with E-state index in [0.717, 1.165) is 0 Å². The van der Waals surface area contributed by atoms with E-state index in [-0.39, 0.29) is 17.8 Å². The molecule has 1 N–H and O–H groups in total. The fourth-order valence-electron chi connectivity index (χ4n) is 1.60. The monoisotopic (exact) mass is 309 g/mol. The highest BCUT2D eigenvalue weighted by Gasteiger charge is 2.10. The van der Waals surface area contributed by atoms with Crippen LogP contribution in [0.4, 0.5) is 10.1 Å². The van der Waals surface area contributed by atoms with Crippen LogP contribution in [0.2, 0.25) is 0 Å². The number of anilines is 1. The summed E-state index contributed by atoms with van der Waals surface area (Å²) in [4.78, 5) is 11.8. The maximum Gasteiger partial charge on any atom is 0.225 e. The molecule has 112 valence electrons. The number of carbonyl (C=O) groups is 1. The third-order valence-electron chi connectivity index (χ3n) is 2.64. The zero-order valence-electron chi connectivity index (χ0n) is 11.8. The molecular weight excluding hydrogens is 293 g/mol. The average molecular weight is 309 g/mol. The number of thioether (sulfide) groups is 1. The Hall–Kier alpha value is -1.96. The van der Waals surface area contributed by atoms with Crippen LogP contribution in [0.3, 0.4) is 0 Å². The lowest BCUT2D eigenvalue weighted by molar-refractivity contribution is -0.115. The van der Waals surface area contributed by atoms with Gasteiger partial charge in [-0.05, 0) is 48.5 Å². The predicted octanol–water partition coefficient (Wildman–Crippen LogP) is 2.51. The summed E-state index contributed by atoms with van der Waals surface area (Å²) in [6.07, 6.45) is 0.326. The van der Waals surface area contributed by atoms with Gasteiger partial charge in [0.1, 0.15) is 5.82 Å². The van der Waals surface area contributed by atoms with E-state index in [9.17, 15) is 9.18 Å². The average Bonchev–Trinajstić information content (AvgIpc) is 2.90. The molecule has 0 atom stereocenters. The van der Waals surface area contributed by atoms with E-state index in [0.29, 0.717) is 23.0 Å². The van der Waals surface area contributed by atoms with Crippen LogP contribution in [-0.4, -0.2) is 31.9 Å². The minimum absolute atomic E-state index is 0.127. The molecule has 21 heavy (non-hydrogen) atoms. The van der Waals surface area contributed by atoms with Gasteiger partial charge in [-0.3, -0.25) is 4.79 Å². The summed E-state index contributed by atoms with van der Waals surface area (Å²) in [5.41, 5.74) is 0.582. The molecule has 0 bridgehead atoms. The molecule has 2 rings (SSSR count). The van der Waals surface area contributed by atoms with Crippen molar-refractivity contribution in [3.63, 3.8) is 0 Å². The Bertz CT molecular complexity index is 599. The summed E-state index contributed by atoms with van der Waals surface area (Å²) >= 11 is 1.43. The van der Waals surface area contributed by atoms with Crippen molar-refractivity contribution in [2.24, 2.45) is 0 Å². The van der Waals surface area contributed by atoms with Crippen molar-refractivity contribution >= 4 is 23.4 Å². The number of tetrazole rings is 1. The van der Waals surface area contributed by atoms with E-state index in [1.54, 1.807) is 4.68 Å². The first-order valence-corrected chi connectivity index (χ1v) is 7.51. The summed E-state index contributed by atoms with van der Waals surface area (Å²) in [6, 6.07) is 5.84. The van der Waals surface area contributed by atoms with Crippen molar-refractivity contribution in [1.29, 1.82) is 0 Å². The summed E-state index contributed by atoms with van der Waals surface area (Å²) in [5.74, 6) is 0.113. The maximum atomic E-state index is 12.7. The van der Waals surface area contributed by atoms with Gasteiger partial charge in [0.15, 0.2) is 0 Å². The number of benzene rings is 1. The SMILES string of the molecule is CC(C)n1nnnc1SCCC(=O)Nc1ccc(F)cc1. The zero-order chi connectivity index (χ0) is 15.2. The molecule has 1 amide bonds. The molecule has 0 spiro atoms. The van der Waals surface area contributed by atoms with Crippen LogP contribution in [0.25, 0.3) is 0 Å². The van der Waals surface area contributed by atoms with Gasteiger partial charge in [0.05, 0.1) is 6.04 Å². The molecule has 0 aliphatic heterocycles. The van der Waals surface area contributed by atoms with Crippen molar-refractivity contribution in [2.45, 2.75) is 31.5 Å². The van der Waals surface area contributed by atoms with E-state index in [4.69, 9.17) is 0 Å². The summed E-state index contributed by atoms with van der Waals surface area (Å²) in [7, 11) is 0. The number of aromatic nitrogens is 4. The van der Waals surface area contributed by atoms with Crippen LogP contribution < -0.4 is 5.32 Å². The second kappa shape index (κ2) is 7.16. The van der Waals surface area contributed by atoms with Gasteiger partial charge in [0.25, 0.3) is 0 Å². The Labute approximate surface area is 126 Å². The van der Waals surface area contributed by atoms with Crippen molar-refractivity contribution in [3.05, 3.63) is 30.1 Å². The molecule has 0 saturated heterocycles. The van der Waals surface area contributed by atoms with Crippen LogP contribution in [-0.2, 0) is 4.79 Å². The van der Waals surface area contributed by atoms with Crippen LogP contribution in [0, 0.1) is 5.82 Å². The molecule has 0 saturated carbocycles. The predicted molar refractivity (Wildman–Crippen MR) is 78.6 cm³/mol. The molecule has 6 nitrogen and oxygen atoms in total. The highest BCUT2D eigenvalue weighted by Crippen LogP contribution is 2.18. The topological polar surface area (TPSA) is 72.7 Å². The molecule has 1 aromatic carbocycles. The smallest absolute Gasteiger partial charge is 0.225 e. The molecule has 0 unspecified atom stereocenters. The van der Waals surface area contributed by atoms with Crippen LogP contribution in [0.15, 0.2) is 29.4 Å². The van der Waals surface area contributed by atoms with Gasteiger partial charge in [-0.25, -0.2) is 9.07 Å². The van der Waals surface area contributed by atoms with Gasteiger partial charge in [0, 0.05) is 17.9 Å². The number of amides is 1. The lowest BCUT2D eigenvalue weighted by Gasteiger charge is -2.07. The Morgan fingerprint density at radius 3 is 2.76 bits per heavy atom. The largest absolute Gasteiger partial charge is 0.326 e. The quantitative estimate of drug-likeness (QED) is 0.830. The molecule has 1 heterocycles. The molecule has 0 aliphatic carbocycles. The van der Waals surface area contributed by atoms with Gasteiger partial charge in [-0.15, -0.1) is 5.10 Å². The zero-order valence-corrected chi connectivity index (χ0v) is 12.6. The number of carbonyl (C=O) groups excluding carboxylic acids is 1. The van der Waals surface area contributed by atoms with Crippen LogP contribution >= 0.6 is 11.8 Å². The highest BCUT2D eigenvalue weighted by atomic mass is 32.2. The Kier molecular flexibility index (Phi) is 5.26. The van der Waals surface area contributed by atoms with Crippen molar-refractivity contribution in [1.82, 2.24) is 20.2 Å². The van der Waals surface area contributed by atoms with Crippen molar-refractivity contribution in [3.8, 4) is 0 Å². The van der Waals surface area contributed by atoms with Gasteiger partial charge in [-0.1, -0.05) is 11.8 Å². The van der Waals surface area contributed by atoms with Crippen LogP contribution in [0.1, 0.15) is 26.3 Å². The molecule has 2 aromatic rings. The Morgan fingerprint density at radius 1 is 1.38 bits per heavy atom. The molecule has 0 aliphatic rings. The lowest BCUT2D eigenvalue weighted by Crippen LogP contribution is -2.12. The normalized spacial score (nSPS) is 10.9. The van der Waals surface area contributed by atoms with Crippen molar-refractivity contribution < 1.29 is 9.18 Å². The Balaban J connectivity index is 1.79. The fraction of sp³-hybridized carbons (Fsp3) is 0.385. The first kappa shape index (κ1) is 15.4. The molecule has 8 heteroatoms. The first-order valence-electron chi connectivity index (χ1n) is 6.52. The minimum Gasteiger partial charge on any atom is -0.326 e. The number of hydrogen-bond donors (Lipinski definition) is 1. The maximum absolute atomic E-state index is 12.7. The molecule has 0 fully saturated rings. The summed E-state index contributed by atoms with van der Waals surface area (Å²) < 4.78 is 14.5. The number of nitrogens with zero attached hydrogens (tertiary/aromatic N) is 4. The van der Waals surface area contributed by atoms with Gasteiger partial charge in [0.2, 0.25) is 11.1 Å². The van der Waals surface area contributed by atoms with Crippen LogP contribution in [0.5, 0.6) is 0 Å². The van der Waals surface area contributed by atoms with E-state index in [1.807, 2.05) is 13.8 Å². The van der Waals surface area contributed by atoms with E-state index >= 15 is 0 Å². The number of rotatable bonds is 6. The third kappa shape index (κ3) is 4.52. The lowest BCUT2D eigenvalue weighted by atomic mass is 10.3. The van der Waals surface area contributed by atoms with E-state index in [2.05, 4.69) is 20.8 Å². The third-order valence-corrected chi connectivity index (χ3v) is 3.58. The highest BCUT2D eigenvalue weighted by molar-refractivity contribution is 7.99. The van der Waals surface area contributed by atoms with E-state index < -0.39 is 0 Å². The van der Waals surface area contributed by atoms with Gasteiger partial charge in [-0.2, -0.15) is 0 Å². The van der Waals surface area contributed by atoms with Gasteiger partial charge < -0.3 is 5.32 Å². The molecular formula is C13H16FN5OS. The minimum atomic E-state index is -0.330. The number of hydrogen-bond acceptors (Lipinski definition) is 5. The van der Waals surface area contributed by atoms with E-state index in [1.165, 1.54) is 36.0 Å². The number of nitrogens with one attached hydrogen (secondary N) is 1. The molecule has 1 aromatic heterocycles. The Morgan fingerprint density at radius 2 is 2.10 bits per heavy atom. The van der Waals surface area contributed by atoms with Crippen molar-refractivity contribution in [2.75, 3.05) is 11.1 Å². The summed E-state index contributed by atoms with van der Waals surface area (Å²) in [6.45, 7) is 3.98. The standard InChI is InChI=1S/C13H16FN5OS/c1-9(2)19-13(16-17-18-19)21-8-7-12(20)15-11-5-3-10(14)4-6-11/h3-6,9H,7-8H2,1-2H3,(H,15,20). The molecule has 0 radical (unpaired) electrons. The first-order chi connectivity index (χ1) is 10.1. The second-order valence-corrected chi connectivity index (χ2v) is 5.72. The van der Waals surface area contributed by atoms with Gasteiger partial charge >= 0.3 is 0 Å².